The summed E-state index contributed by atoms with van der Waals surface area (Å²) in [6, 6.07) is 0. The number of aliphatic hydroxyl groups excluding tert-OH is 1. The minimum atomic E-state index is -2.33. The van der Waals surface area contributed by atoms with Gasteiger partial charge in [-0.1, -0.05) is 0 Å². The van der Waals surface area contributed by atoms with Gasteiger partial charge in [0.25, 0.3) is 0 Å². The van der Waals surface area contributed by atoms with Crippen molar-refractivity contribution in [3.8, 4) is 0 Å². The van der Waals surface area contributed by atoms with Gasteiger partial charge in [0.2, 0.25) is 0 Å². The van der Waals surface area contributed by atoms with E-state index in [-0.39, 0.29) is 6.61 Å². The Morgan fingerprint density at radius 3 is 1.64 bits per heavy atom. The van der Waals surface area contributed by atoms with Crippen LogP contribution >= 0.6 is 0 Å². The van der Waals surface area contributed by atoms with Gasteiger partial charge in [-0.15, -0.1) is 0 Å². The maximum absolute atomic E-state index is 8.39. The lowest BCUT2D eigenvalue weighted by molar-refractivity contribution is -0.870. The lowest BCUT2D eigenvalue weighted by Crippen LogP contribution is -2.37. The minimum absolute atomic E-state index is 0.281. The third kappa shape index (κ3) is 46.7. The van der Waals surface area contributed by atoms with Crippen molar-refractivity contribution in [2.24, 2.45) is 0 Å². The van der Waals surface area contributed by atoms with Crippen LogP contribution in [0.3, 0.4) is 0 Å². The van der Waals surface area contributed by atoms with Crippen LogP contribution in [0.15, 0.2) is 0 Å². The normalized spacial score (nSPS) is 9.82. The maximum atomic E-state index is 8.39. The molecule has 0 heterocycles. The molecule has 0 amide bonds. The van der Waals surface area contributed by atoms with Gasteiger partial charge in [-0.05, 0) is 6.16 Å². The van der Waals surface area contributed by atoms with Crippen molar-refractivity contribution >= 4 is 6.16 Å². The molecule has 0 aliphatic carbocycles. The van der Waals surface area contributed by atoms with Crippen LogP contribution in [0.1, 0.15) is 0 Å². The molecule has 0 aromatic carbocycles. The smallest absolute Gasteiger partial charge is 0.101 e. The predicted octanol–water partition coefficient (Wildman–Crippen LogP) is -2.76. The van der Waals surface area contributed by atoms with Crippen LogP contribution in [0.5, 0.6) is 0 Å². The summed E-state index contributed by atoms with van der Waals surface area (Å²) >= 11 is 0. The number of likely N-dealkylation sites (N-methyl/N-ethyl adjacent to an activating group) is 1. The molecular formula is C6H14NO4-. The molecule has 5 nitrogen and oxygen atoms in total. The van der Waals surface area contributed by atoms with E-state index in [0.717, 1.165) is 11.0 Å². The first kappa shape index (κ1) is 12.8. The topological polar surface area (TPSA) is 83.4 Å². The van der Waals surface area contributed by atoms with Crippen molar-refractivity contribution in [3.63, 3.8) is 0 Å². The Kier molecular flexibility index (Phi) is 6.92. The molecule has 0 saturated heterocycles. The van der Waals surface area contributed by atoms with Gasteiger partial charge in [-0.3, -0.25) is 0 Å². The maximum Gasteiger partial charge on any atom is 0.101 e. The van der Waals surface area contributed by atoms with Crippen LogP contribution in [0.25, 0.3) is 0 Å². The number of quaternary nitrogens is 1. The first-order chi connectivity index (χ1) is 4.79. The Morgan fingerprint density at radius 2 is 1.64 bits per heavy atom. The molecular weight excluding hydrogens is 150 g/mol. The molecule has 1 N–H and O–H groups in total. The number of carboxylic acid groups (broad SMARTS) is 2. The van der Waals surface area contributed by atoms with Crippen LogP contribution < -0.4 is 10.2 Å². The van der Waals surface area contributed by atoms with Crippen molar-refractivity contribution in [1.29, 1.82) is 0 Å². The second-order valence-electron chi connectivity index (χ2n) is 2.99. The molecule has 0 saturated carbocycles. The molecule has 5 heteroatoms. The van der Waals surface area contributed by atoms with E-state index in [0.29, 0.717) is 0 Å². The summed E-state index contributed by atoms with van der Waals surface area (Å²) in [5.74, 6) is 0. The fraction of sp³-hybridized carbons (Fsp3) is 0.833. The highest BCUT2D eigenvalue weighted by molar-refractivity contribution is 5.47. The number of aliphatic hydroxyl groups is 1. The zero-order valence-electron chi connectivity index (χ0n) is 7.03. The van der Waals surface area contributed by atoms with Gasteiger partial charge in [0.05, 0.1) is 27.7 Å². The molecule has 0 aliphatic heterocycles. The zero-order valence-corrected chi connectivity index (χ0v) is 7.03. The summed E-state index contributed by atoms with van der Waals surface area (Å²) in [5, 5.41) is 25.1. The molecule has 0 radical (unpaired) electrons. The summed E-state index contributed by atoms with van der Waals surface area (Å²) in [6.45, 7) is 1.11. The fourth-order valence-corrected chi connectivity index (χ4v) is 0.300. The fourth-order valence-electron chi connectivity index (χ4n) is 0.300. The Morgan fingerprint density at radius 1 is 1.36 bits per heavy atom. The third-order valence-electron chi connectivity index (χ3n) is 0.771. The Balaban J connectivity index is 0. The second kappa shape index (κ2) is 5.94. The first-order valence-corrected chi connectivity index (χ1v) is 3.09. The highest BCUT2D eigenvalue weighted by atomic mass is 16.6. The number of hydrogen-bond acceptors (Lipinski definition) is 4. The number of carbonyl (C=O) groups is 1. The highest BCUT2D eigenvalue weighted by Gasteiger charge is 2.02. The number of carbonyl (C=O) groups excluding carboxylic acids is 1. The summed E-state index contributed by atoms with van der Waals surface area (Å²) in [6.07, 6.45) is -2.33. The van der Waals surface area contributed by atoms with Gasteiger partial charge in [0, 0.05) is 0 Å². The summed E-state index contributed by atoms with van der Waals surface area (Å²) in [7, 11) is 6.16. The highest BCUT2D eigenvalue weighted by Crippen LogP contribution is 1.84. The number of hydrogen-bond donors (Lipinski definition) is 1. The van der Waals surface area contributed by atoms with Gasteiger partial charge >= 0.3 is 0 Å². The number of nitrogens with zero attached hydrogens (tertiary/aromatic N) is 1. The molecule has 0 spiro atoms. The first-order valence-electron chi connectivity index (χ1n) is 3.09. The van der Waals surface area contributed by atoms with Crippen LogP contribution in [-0.4, -0.2) is 50.0 Å². The van der Waals surface area contributed by atoms with Gasteiger partial charge in [-0.2, -0.15) is 0 Å². The van der Waals surface area contributed by atoms with Crippen LogP contribution in [0.2, 0.25) is 0 Å². The minimum Gasteiger partial charge on any atom is -0.652 e. The lowest BCUT2D eigenvalue weighted by atomic mass is 10.5. The molecule has 0 fully saturated rings. The van der Waals surface area contributed by atoms with E-state index in [2.05, 4.69) is 21.1 Å². The van der Waals surface area contributed by atoms with Gasteiger partial charge in [0.15, 0.2) is 0 Å². The molecule has 0 aromatic rings. The Hall–Kier alpha value is -0.810. The molecule has 0 rings (SSSR count). The second-order valence-corrected chi connectivity index (χ2v) is 2.99. The van der Waals surface area contributed by atoms with E-state index in [1.165, 1.54) is 0 Å². The standard InChI is InChI=1S/C5H14NO.CH2O3/c1-6(2,3)4-5-7;2-1(3)4/h7H,4-5H2,1-3H3;(H2,2,3,4)/q+1;/p-2. The van der Waals surface area contributed by atoms with E-state index in [1.807, 2.05) is 0 Å². The SMILES string of the molecule is C[N+](C)(C)CCO.O=C([O-])[O-]. The summed E-state index contributed by atoms with van der Waals surface area (Å²) in [4.78, 5) is 8.33. The molecule has 0 unspecified atom stereocenters. The van der Waals surface area contributed by atoms with E-state index in [4.69, 9.17) is 20.1 Å². The molecule has 11 heavy (non-hydrogen) atoms. The summed E-state index contributed by atoms with van der Waals surface area (Å²) in [5.41, 5.74) is 0. The van der Waals surface area contributed by atoms with Crippen molar-refractivity contribution in [2.75, 3.05) is 34.3 Å². The molecule has 0 aromatic heterocycles. The van der Waals surface area contributed by atoms with Crippen molar-refractivity contribution < 1.29 is 24.6 Å². The molecule has 0 bridgehead atoms. The van der Waals surface area contributed by atoms with E-state index in [9.17, 15) is 0 Å². The lowest BCUT2D eigenvalue weighted by Gasteiger charge is -2.21. The van der Waals surface area contributed by atoms with Gasteiger partial charge < -0.3 is 24.6 Å². The van der Waals surface area contributed by atoms with Crippen LogP contribution in [0, 0.1) is 0 Å². The van der Waals surface area contributed by atoms with Gasteiger partial charge in [-0.25, -0.2) is 0 Å². The Labute approximate surface area is 66.1 Å². The molecule has 0 aliphatic rings. The van der Waals surface area contributed by atoms with E-state index < -0.39 is 6.16 Å². The van der Waals surface area contributed by atoms with Crippen LogP contribution in [-0.2, 0) is 0 Å². The largest absolute Gasteiger partial charge is 0.652 e. The van der Waals surface area contributed by atoms with E-state index >= 15 is 0 Å². The van der Waals surface area contributed by atoms with Gasteiger partial charge in [0.1, 0.15) is 6.54 Å². The van der Waals surface area contributed by atoms with Crippen LogP contribution in [0.4, 0.5) is 4.79 Å². The molecule has 0 atom stereocenters. The molecule has 68 valence electrons. The quantitative estimate of drug-likeness (QED) is 0.448. The summed E-state index contributed by atoms with van der Waals surface area (Å²) < 4.78 is 0.844. The Bertz CT molecular complexity index is 104. The van der Waals surface area contributed by atoms with E-state index in [1.54, 1.807) is 0 Å². The third-order valence-corrected chi connectivity index (χ3v) is 0.771. The number of rotatable bonds is 2. The zero-order chi connectivity index (χ0) is 9.49. The van der Waals surface area contributed by atoms with Crippen molar-refractivity contribution in [1.82, 2.24) is 0 Å². The average Bonchev–Trinajstić information content (AvgIpc) is 1.58. The average molecular weight is 164 g/mol. The predicted molar refractivity (Wildman–Crippen MR) is 35.4 cm³/mol. The van der Waals surface area contributed by atoms with Crippen molar-refractivity contribution in [2.45, 2.75) is 0 Å². The van der Waals surface area contributed by atoms with Crippen molar-refractivity contribution in [3.05, 3.63) is 0 Å². The monoisotopic (exact) mass is 164 g/mol.